The predicted octanol–water partition coefficient (Wildman–Crippen LogP) is 2.42. The molecule has 0 radical (unpaired) electrons. The van der Waals surface area contributed by atoms with Crippen LogP contribution in [0.1, 0.15) is 16.8 Å². The summed E-state index contributed by atoms with van der Waals surface area (Å²) in [6.45, 7) is 1.01. The number of morpholine rings is 1. The van der Waals surface area contributed by atoms with Crippen molar-refractivity contribution in [3.63, 3.8) is 0 Å². The first-order valence-corrected chi connectivity index (χ1v) is 7.22. The van der Waals surface area contributed by atoms with Gasteiger partial charge in [-0.05, 0) is 18.2 Å². The number of hydrogen-bond acceptors (Lipinski definition) is 3. The molecule has 1 aliphatic heterocycles. The molecular formula is C13H13BrClNO4. The number of ether oxygens (including phenoxy) is 1. The number of carboxylic acids is 1. The zero-order valence-corrected chi connectivity index (χ0v) is 12.9. The van der Waals surface area contributed by atoms with E-state index in [-0.39, 0.29) is 18.9 Å². The van der Waals surface area contributed by atoms with Crippen molar-refractivity contribution in [2.45, 2.75) is 12.5 Å². The van der Waals surface area contributed by atoms with Crippen molar-refractivity contribution in [3.8, 4) is 0 Å². The molecule has 0 aliphatic carbocycles. The minimum absolute atomic E-state index is 0.115. The third-order valence-corrected chi connectivity index (χ3v) is 3.81. The molecule has 0 spiro atoms. The molecule has 0 unspecified atom stereocenters. The molecule has 1 saturated heterocycles. The Morgan fingerprint density at radius 3 is 2.95 bits per heavy atom. The fourth-order valence-corrected chi connectivity index (χ4v) is 2.61. The zero-order chi connectivity index (χ0) is 14.7. The minimum Gasteiger partial charge on any atom is -0.481 e. The standard InChI is InChI=1S/C13H13BrClNO4/c14-8-1-2-11(15)10(5-8)13(19)16-3-4-20-9(7-16)6-12(17)18/h1-2,5,9H,3-4,6-7H2,(H,17,18)/t9-/m1/s1. The average Bonchev–Trinajstić information content (AvgIpc) is 2.40. The number of amides is 1. The summed E-state index contributed by atoms with van der Waals surface area (Å²) in [5.74, 6) is -1.15. The summed E-state index contributed by atoms with van der Waals surface area (Å²) in [6.07, 6.45) is -0.591. The van der Waals surface area contributed by atoms with Crippen LogP contribution < -0.4 is 0 Å². The van der Waals surface area contributed by atoms with Crippen LogP contribution in [0.25, 0.3) is 0 Å². The maximum atomic E-state index is 12.4. The topological polar surface area (TPSA) is 66.8 Å². The molecule has 1 fully saturated rings. The lowest BCUT2D eigenvalue weighted by Gasteiger charge is -2.32. The molecule has 7 heteroatoms. The SMILES string of the molecule is O=C(O)C[C@@H]1CN(C(=O)c2cc(Br)ccc2Cl)CCO1. The zero-order valence-electron chi connectivity index (χ0n) is 10.5. The van der Waals surface area contributed by atoms with E-state index in [1.807, 2.05) is 0 Å². The van der Waals surface area contributed by atoms with Crippen LogP contribution in [0.2, 0.25) is 5.02 Å². The van der Waals surface area contributed by atoms with Crippen LogP contribution in [0.4, 0.5) is 0 Å². The van der Waals surface area contributed by atoms with Crippen molar-refractivity contribution in [2.75, 3.05) is 19.7 Å². The molecule has 2 rings (SSSR count). The monoisotopic (exact) mass is 361 g/mol. The summed E-state index contributed by atoms with van der Waals surface area (Å²) < 4.78 is 6.11. The third-order valence-electron chi connectivity index (χ3n) is 2.99. The molecule has 1 N–H and O–H groups in total. The van der Waals surface area contributed by atoms with Crippen molar-refractivity contribution >= 4 is 39.4 Å². The van der Waals surface area contributed by atoms with Crippen LogP contribution in [0, 0.1) is 0 Å². The highest BCUT2D eigenvalue weighted by Gasteiger charge is 2.27. The molecule has 1 aliphatic rings. The summed E-state index contributed by atoms with van der Waals surface area (Å²) >= 11 is 9.34. The number of rotatable bonds is 3. The summed E-state index contributed by atoms with van der Waals surface area (Å²) in [6, 6.07) is 5.06. The van der Waals surface area contributed by atoms with Crippen molar-refractivity contribution in [1.82, 2.24) is 4.90 Å². The highest BCUT2D eigenvalue weighted by molar-refractivity contribution is 9.10. The molecule has 0 saturated carbocycles. The fraction of sp³-hybridized carbons (Fsp3) is 0.385. The van der Waals surface area contributed by atoms with E-state index in [9.17, 15) is 9.59 Å². The second kappa shape index (κ2) is 6.56. The van der Waals surface area contributed by atoms with Gasteiger partial charge in [0, 0.05) is 17.6 Å². The van der Waals surface area contributed by atoms with Crippen molar-refractivity contribution in [2.24, 2.45) is 0 Å². The van der Waals surface area contributed by atoms with Gasteiger partial charge >= 0.3 is 5.97 Å². The van der Waals surface area contributed by atoms with Crippen LogP contribution in [0.5, 0.6) is 0 Å². The molecule has 1 aromatic rings. The summed E-state index contributed by atoms with van der Waals surface area (Å²) in [7, 11) is 0. The van der Waals surface area contributed by atoms with E-state index in [0.717, 1.165) is 4.47 Å². The van der Waals surface area contributed by atoms with Crippen molar-refractivity contribution in [3.05, 3.63) is 33.3 Å². The number of carbonyl (C=O) groups is 2. The van der Waals surface area contributed by atoms with E-state index in [1.165, 1.54) is 0 Å². The van der Waals surface area contributed by atoms with Crippen LogP contribution in [0.3, 0.4) is 0 Å². The Hall–Kier alpha value is -1.11. The van der Waals surface area contributed by atoms with Gasteiger partial charge in [0.15, 0.2) is 0 Å². The first-order chi connectivity index (χ1) is 9.47. The Morgan fingerprint density at radius 1 is 1.50 bits per heavy atom. The molecule has 108 valence electrons. The van der Waals surface area contributed by atoms with Crippen molar-refractivity contribution in [1.29, 1.82) is 0 Å². The second-order valence-corrected chi connectivity index (χ2v) is 5.79. The van der Waals surface area contributed by atoms with Gasteiger partial charge in [-0.15, -0.1) is 0 Å². The maximum absolute atomic E-state index is 12.4. The van der Waals surface area contributed by atoms with Crippen molar-refractivity contribution < 1.29 is 19.4 Å². The van der Waals surface area contributed by atoms with Gasteiger partial charge in [-0.1, -0.05) is 27.5 Å². The molecule has 20 heavy (non-hydrogen) atoms. The van der Waals surface area contributed by atoms with Gasteiger partial charge < -0.3 is 14.7 Å². The first kappa shape index (κ1) is 15.3. The lowest BCUT2D eigenvalue weighted by atomic mass is 10.1. The normalized spacial score (nSPS) is 18.9. The van der Waals surface area contributed by atoms with Gasteiger partial charge in [0.25, 0.3) is 5.91 Å². The quantitative estimate of drug-likeness (QED) is 0.897. The first-order valence-electron chi connectivity index (χ1n) is 6.05. The number of hydrogen-bond donors (Lipinski definition) is 1. The molecular weight excluding hydrogens is 350 g/mol. The van der Waals surface area contributed by atoms with Gasteiger partial charge in [0.1, 0.15) is 0 Å². The number of carboxylic acid groups (broad SMARTS) is 1. The van der Waals surface area contributed by atoms with Gasteiger partial charge in [0.05, 0.1) is 29.7 Å². The smallest absolute Gasteiger partial charge is 0.306 e. The van der Waals surface area contributed by atoms with Crippen LogP contribution >= 0.6 is 27.5 Å². The number of aliphatic carboxylic acids is 1. The number of carbonyl (C=O) groups excluding carboxylic acids is 1. The molecule has 1 heterocycles. The van der Waals surface area contributed by atoms with E-state index < -0.39 is 12.1 Å². The maximum Gasteiger partial charge on any atom is 0.306 e. The molecule has 1 amide bonds. The van der Waals surface area contributed by atoms with Gasteiger partial charge in [0.2, 0.25) is 0 Å². The largest absolute Gasteiger partial charge is 0.481 e. The van der Waals surface area contributed by atoms with E-state index in [1.54, 1.807) is 23.1 Å². The minimum atomic E-state index is -0.940. The highest BCUT2D eigenvalue weighted by Crippen LogP contribution is 2.23. The summed E-state index contributed by atoms with van der Waals surface area (Å²) in [5, 5.41) is 9.15. The Bertz CT molecular complexity index is 537. The lowest BCUT2D eigenvalue weighted by Crippen LogP contribution is -2.46. The van der Waals surface area contributed by atoms with Crippen LogP contribution in [-0.4, -0.2) is 47.7 Å². The number of nitrogens with zero attached hydrogens (tertiary/aromatic N) is 1. The van der Waals surface area contributed by atoms with E-state index in [4.69, 9.17) is 21.4 Å². The number of benzene rings is 1. The second-order valence-electron chi connectivity index (χ2n) is 4.47. The summed E-state index contributed by atoms with van der Waals surface area (Å²) in [4.78, 5) is 24.7. The molecule has 0 bridgehead atoms. The Morgan fingerprint density at radius 2 is 2.25 bits per heavy atom. The highest BCUT2D eigenvalue weighted by atomic mass is 79.9. The van der Waals surface area contributed by atoms with Gasteiger partial charge in [-0.3, -0.25) is 9.59 Å². The molecule has 0 aromatic heterocycles. The lowest BCUT2D eigenvalue weighted by molar-refractivity contribution is -0.141. The molecule has 1 aromatic carbocycles. The Labute approximate surface area is 129 Å². The van der Waals surface area contributed by atoms with E-state index in [0.29, 0.717) is 23.7 Å². The fourth-order valence-electron chi connectivity index (χ4n) is 2.05. The van der Waals surface area contributed by atoms with E-state index in [2.05, 4.69) is 15.9 Å². The van der Waals surface area contributed by atoms with Crippen LogP contribution in [0.15, 0.2) is 22.7 Å². The number of halogens is 2. The van der Waals surface area contributed by atoms with E-state index >= 15 is 0 Å². The van der Waals surface area contributed by atoms with Crippen LogP contribution in [-0.2, 0) is 9.53 Å². The Balaban J connectivity index is 2.12. The molecule has 1 atom stereocenters. The van der Waals surface area contributed by atoms with Gasteiger partial charge in [-0.2, -0.15) is 0 Å². The Kier molecular flexibility index (Phi) is 5.01. The average molecular weight is 363 g/mol. The summed E-state index contributed by atoms with van der Waals surface area (Å²) in [5.41, 5.74) is 0.400. The van der Waals surface area contributed by atoms with Gasteiger partial charge in [-0.25, -0.2) is 0 Å². The third kappa shape index (κ3) is 3.71. The molecule has 5 nitrogen and oxygen atoms in total. The predicted molar refractivity (Wildman–Crippen MR) is 77.0 cm³/mol.